The zero-order chi connectivity index (χ0) is 24.1. The molecule has 1 aliphatic rings. The second-order valence-corrected chi connectivity index (χ2v) is 8.62. The van der Waals surface area contributed by atoms with Crippen LogP contribution in [0.25, 0.3) is 0 Å². The summed E-state index contributed by atoms with van der Waals surface area (Å²) < 4.78 is 11.0. The van der Waals surface area contributed by atoms with Crippen LogP contribution in [0.4, 0.5) is 0 Å². The molecule has 0 aliphatic carbocycles. The number of likely N-dealkylation sites (tertiary alicyclic amines) is 1. The summed E-state index contributed by atoms with van der Waals surface area (Å²) >= 11 is 5.90. The van der Waals surface area contributed by atoms with Crippen LogP contribution in [0.2, 0.25) is 5.02 Å². The highest BCUT2D eigenvalue weighted by Gasteiger charge is 2.26. The SMILES string of the molecule is Cc1noc(C)c1CN1CC[C@@H](NC(=O)CNC(=O)c2cccnc2Oc2ccc(Cl)cc2)C1. The van der Waals surface area contributed by atoms with E-state index in [4.69, 9.17) is 20.9 Å². The third kappa shape index (κ3) is 5.92. The number of nitrogens with zero attached hydrogens (tertiary/aromatic N) is 3. The number of amides is 2. The van der Waals surface area contributed by atoms with E-state index in [0.29, 0.717) is 10.8 Å². The lowest BCUT2D eigenvalue weighted by atomic mass is 10.2. The zero-order valence-electron chi connectivity index (χ0n) is 19.0. The van der Waals surface area contributed by atoms with Crippen LogP contribution in [0.1, 0.15) is 33.8 Å². The van der Waals surface area contributed by atoms with Crippen molar-refractivity contribution in [2.24, 2.45) is 0 Å². The Morgan fingerprint density at radius 3 is 2.76 bits per heavy atom. The molecule has 10 heteroatoms. The Labute approximate surface area is 202 Å². The second kappa shape index (κ2) is 10.7. The fourth-order valence-corrected chi connectivity index (χ4v) is 3.97. The van der Waals surface area contributed by atoms with Gasteiger partial charge in [-0.1, -0.05) is 16.8 Å². The molecule has 4 rings (SSSR count). The lowest BCUT2D eigenvalue weighted by Gasteiger charge is -2.17. The molecule has 0 radical (unpaired) electrons. The Hall–Kier alpha value is -3.43. The lowest BCUT2D eigenvalue weighted by molar-refractivity contribution is -0.120. The van der Waals surface area contributed by atoms with E-state index in [9.17, 15) is 9.59 Å². The fourth-order valence-electron chi connectivity index (χ4n) is 3.84. The van der Waals surface area contributed by atoms with Gasteiger partial charge in [-0.2, -0.15) is 0 Å². The van der Waals surface area contributed by atoms with Crippen LogP contribution in [-0.2, 0) is 11.3 Å². The fraction of sp³-hybridized carbons (Fsp3) is 0.333. The number of pyridine rings is 1. The minimum atomic E-state index is -0.446. The van der Waals surface area contributed by atoms with Gasteiger partial charge in [-0.3, -0.25) is 14.5 Å². The summed E-state index contributed by atoms with van der Waals surface area (Å²) in [5, 5.41) is 10.2. The standard InChI is InChI=1S/C24H26ClN5O4/c1-15-21(16(2)34-29-15)14-30-11-9-18(13-30)28-22(31)12-27-23(32)20-4-3-10-26-24(20)33-19-7-5-17(25)6-8-19/h3-8,10,18H,9,11-14H2,1-2H3,(H,27,32)(H,28,31)/t18-/m1/s1. The summed E-state index contributed by atoms with van der Waals surface area (Å²) in [6.07, 6.45) is 2.37. The maximum Gasteiger partial charge on any atom is 0.257 e. The van der Waals surface area contributed by atoms with E-state index in [2.05, 4.69) is 25.7 Å². The molecule has 0 bridgehead atoms. The number of carbonyl (C=O) groups excluding carboxylic acids is 2. The van der Waals surface area contributed by atoms with Crippen LogP contribution < -0.4 is 15.4 Å². The highest BCUT2D eigenvalue weighted by molar-refractivity contribution is 6.30. The summed E-state index contributed by atoms with van der Waals surface area (Å²) in [5.74, 6) is 0.772. The molecule has 0 unspecified atom stereocenters. The third-order valence-corrected chi connectivity index (χ3v) is 5.91. The van der Waals surface area contributed by atoms with Crippen LogP contribution >= 0.6 is 11.6 Å². The van der Waals surface area contributed by atoms with Gasteiger partial charge in [0, 0.05) is 42.5 Å². The van der Waals surface area contributed by atoms with Gasteiger partial charge in [-0.05, 0) is 56.7 Å². The molecule has 2 aromatic heterocycles. The molecular formula is C24H26ClN5O4. The van der Waals surface area contributed by atoms with Gasteiger partial charge in [-0.25, -0.2) is 4.98 Å². The van der Waals surface area contributed by atoms with Crippen LogP contribution in [0.15, 0.2) is 47.1 Å². The Bertz CT molecular complexity index is 1140. The van der Waals surface area contributed by atoms with Gasteiger partial charge in [0.2, 0.25) is 11.8 Å². The molecular weight excluding hydrogens is 458 g/mol. The number of benzene rings is 1. The minimum Gasteiger partial charge on any atom is -0.438 e. The Balaban J connectivity index is 1.27. The van der Waals surface area contributed by atoms with Crippen LogP contribution in [-0.4, -0.2) is 52.5 Å². The molecule has 1 fully saturated rings. The summed E-state index contributed by atoms with van der Waals surface area (Å²) in [5.41, 5.74) is 2.21. The minimum absolute atomic E-state index is 0.0204. The van der Waals surface area contributed by atoms with E-state index < -0.39 is 5.91 Å². The van der Waals surface area contributed by atoms with Crippen LogP contribution in [0.5, 0.6) is 11.6 Å². The number of aryl methyl sites for hydroxylation is 2. The first kappa shape index (κ1) is 23.7. The largest absolute Gasteiger partial charge is 0.438 e. The molecule has 0 spiro atoms. The smallest absolute Gasteiger partial charge is 0.257 e. The average molecular weight is 484 g/mol. The maximum atomic E-state index is 12.7. The average Bonchev–Trinajstić information content (AvgIpc) is 3.40. The first-order valence-corrected chi connectivity index (χ1v) is 11.4. The van der Waals surface area contributed by atoms with Crippen molar-refractivity contribution in [3.63, 3.8) is 0 Å². The van der Waals surface area contributed by atoms with Gasteiger partial charge in [0.15, 0.2) is 0 Å². The molecule has 34 heavy (non-hydrogen) atoms. The van der Waals surface area contributed by atoms with E-state index in [1.807, 2.05) is 13.8 Å². The number of hydrogen-bond donors (Lipinski definition) is 2. The van der Waals surface area contributed by atoms with Crippen LogP contribution in [0.3, 0.4) is 0 Å². The predicted molar refractivity (Wildman–Crippen MR) is 126 cm³/mol. The van der Waals surface area contributed by atoms with Crippen LogP contribution in [0, 0.1) is 13.8 Å². The highest BCUT2D eigenvalue weighted by Crippen LogP contribution is 2.24. The summed E-state index contributed by atoms with van der Waals surface area (Å²) in [6.45, 7) is 6.02. The molecule has 2 amide bonds. The molecule has 1 aliphatic heterocycles. The van der Waals surface area contributed by atoms with E-state index in [1.54, 1.807) is 36.4 Å². The maximum absolute atomic E-state index is 12.7. The van der Waals surface area contributed by atoms with E-state index in [1.165, 1.54) is 6.20 Å². The molecule has 0 saturated carbocycles. The van der Waals surface area contributed by atoms with Crippen molar-refractivity contribution in [3.8, 4) is 11.6 Å². The number of hydrogen-bond acceptors (Lipinski definition) is 7. The number of nitrogens with one attached hydrogen (secondary N) is 2. The van der Waals surface area contributed by atoms with Gasteiger partial charge >= 0.3 is 0 Å². The van der Waals surface area contributed by atoms with E-state index in [-0.39, 0.29) is 29.9 Å². The van der Waals surface area contributed by atoms with Gasteiger partial charge in [-0.15, -0.1) is 0 Å². The first-order valence-electron chi connectivity index (χ1n) is 11.0. The zero-order valence-corrected chi connectivity index (χ0v) is 19.8. The summed E-state index contributed by atoms with van der Waals surface area (Å²) in [4.78, 5) is 31.5. The topological polar surface area (TPSA) is 110 Å². The van der Waals surface area contributed by atoms with Gasteiger partial charge in [0.25, 0.3) is 5.91 Å². The molecule has 2 N–H and O–H groups in total. The Morgan fingerprint density at radius 2 is 2.03 bits per heavy atom. The van der Waals surface area contributed by atoms with Crippen molar-refractivity contribution in [1.29, 1.82) is 0 Å². The quantitative estimate of drug-likeness (QED) is 0.506. The van der Waals surface area contributed by atoms with E-state index >= 15 is 0 Å². The van der Waals surface area contributed by atoms with Crippen molar-refractivity contribution >= 4 is 23.4 Å². The van der Waals surface area contributed by atoms with Gasteiger partial charge < -0.3 is 19.9 Å². The number of aromatic nitrogens is 2. The number of carbonyl (C=O) groups is 2. The normalized spacial score (nSPS) is 15.8. The number of rotatable bonds is 8. The van der Waals surface area contributed by atoms with Crippen molar-refractivity contribution < 1.29 is 18.8 Å². The predicted octanol–water partition coefficient (Wildman–Crippen LogP) is 3.25. The van der Waals surface area contributed by atoms with Gasteiger partial charge in [0.05, 0.1) is 12.2 Å². The van der Waals surface area contributed by atoms with E-state index in [0.717, 1.165) is 43.1 Å². The lowest BCUT2D eigenvalue weighted by Crippen LogP contribution is -2.43. The third-order valence-electron chi connectivity index (χ3n) is 5.65. The molecule has 9 nitrogen and oxygen atoms in total. The Morgan fingerprint density at radius 1 is 1.24 bits per heavy atom. The molecule has 1 atom stereocenters. The molecule has 3 heterocycles. The summed E-state index contributed by atoms with van der Waals surface area (Å²) in [7, 11) is 0. The molecule has 3 aromatic rings. The number of ether oxygens (including phenoxy) is 1. The first-order chi connectivity index (χ1) is 16.4. The van der Waals surface area contributed by atoms with Crippen molar-refractivity contribution in [1.82, 2.24) is 25.7 Å². The van der Waals surface area contributed by atoms with Crippen molar-refractivity contribution in [3.05, 3.63) is 70.2 Å². The van der Waals surface area contributed by atoms with Gasteiger partial charge in [0.1, 0.15) is 17.1 Å². The molecule has 1 saturated heterocycles. The van der Waals surface area contributed by atoms with Crippen molar-refractivity contribution in [2.45, 2.75) is 32.9 Å². The van der Waals surface area contributed by atoms with Crippen molar-refractivity contribution in [2.75, 3.05) is 19.6 Å². The number of halogens is 1. The second-order valence-electron chi connectivity index (χ2n) is 8.19. The molecule has 178 valence electrons. The monoisotopic (exact) mass is 483 g/mol. The highest BCUT2D eigenvalue weighted by atomic mass is 35.5. The molecule has 1 aromatic carbocycles. The Kier molecular flexibility index (Phi) is 7.44. The summed E-state index contributed by atoms with van der Waals surface area (Å²) in [6, 6.07) is 9.98.